The first-order valence-electron chi connectivity index (χ1n) is 13.2. The molecule has 1 aromatic carbocycles. The SMILES string of the molecule is CCCCCCCN(C(=O)C(CO)NC(=O)OC(C)(C)C)C(C(=O)NC(C)C)c1ccc(CC)cc1. The van der Waals surface area contributed by atoms with Gasteiger partial charge < -0.3 is 25.4 Å². The van der Waals surface area contributed by atoms with Crippen molar-refractivity contribution in [2.24, 2.45) is 0 Å². The number of ether oxygens (including phenoxy) is 1. The Morgan fingerprint density at radius 1 is 0.972 bits per heavy atom. The van der Waals surface area contributed by atoms with Crippen LogP contribution in [-0.4, -0.2) is 58.8 Å². The van der Waals surface area contributed by atoms with Crippen molar-refractivity contribution in [3.05, 3.63) is 35.4 Å². The number of alkyl carbamates (subject to hydrolysis) is 1. The molecule has 0 heterocycles. The molecule has 0 bridgehead atoms. The molecule has 1 aromatic rings. The van der Waals surface area contributed by atoms with Crippen LogP contribution in [0.2, 0.25) is 0 Å². The first-order valence-corrected chi connectivity index (χ1v) is 13.2. The Kier molecular flexibility index (Phi) is 13.5. The minimum absolute atomic E-state index is 0.120. The Bertz CT molecular complexity index is 817. The molecule has 8 heteroatoms. The lowest BCUT2D eigenvalue weighted by atomic mass is 9.99. The molecule has 0 aliphatic heterocycles. The summed E-state index contributed by atoms with van der Waals surface area (Å²) in [5.74, 6) is -0.826. The number of aliphatic hydroxyl groups excluding tert-OH is 1. The number of hydrogen-bond donors (Lipinski definition) is 3. The molecular weight excluding hydrogens is 458 g/mol. The second kappa shape index (κ2) is 15.5. The van der Waals surface area contributed by atoms with Crippen molar-refractivity contribution in [1.82, 2.24) is 15.5 Å². The first kappa shape index (κ1) is 31.4. The second-order valence-electron chi connectivity index (χ2n) is 10.5. The fraction of sp³-hybridized carbons (Fsp3) is 0.679. The van der Waals surface area contributed by atoms with Crippen molar-refractivity contribution < 1.29 is 24.2 Å². The van der Waals surface area contributed by atoms with E-state index >= 15 is 0 Å². The van der Waals surface area contributed by atoms with Gasteiger partial charge in [0.25, 0.3) is 0 Å². The van der Waals surface area contributed by atoms with E-state index in [9.17, 15) is 19.5 Å². The van der Waals surface area contributed by atoms with E-state index in [0.29, 0.717) is 18.5 Å². The predicted octanol–water partition coefficient (Wildman–Crippen LogP) is 4.50. The Balaban J connectivity index is 3.35. The molecule has 0 saturated carbocycles. The number of carbonyl (C=O) groups is 3. The Morgan fingerprint density at radius 3 is 2.08 bits per heavy atom. The zero-order valence-electron chi connectivity index (χ0n) is 23.2. The number of aryl methyl sites for hydroxylation is 1. The van der Waals surface area contributed by atoms with Gasteiger partial charge in [-0.05, 0) is 58.6 Å². The van der Waals surface area contributed by atoms with Gasteiger partial charge in [-0.1, -0.05) is 63.8 Å². The first-order chi connectivity index (χ1) is 16.9. The van der Waals surface area contributed by atoms with Gasteiger partial charge in [-0.3, -0.25) is 9.59 Å². The van der Waals surface area contributed by atoms with E-state index in [1.165, 1.54) is 4.90 Å². The highest BCUT2D eigenvalue weighted by molar-refractivity contribution is 5.92. The summed E-state index contributed by atoms with van der Waals surface area (Å²) >= 11 is 0. The normalized spacial score (nSPS) is 13.1. The van der Waals surface area contributed by atoms with Crippen LogP contribution in [0.25, 0.3) is 0 Å². The van der Waals surface area contributed by atoms with E-state index in [1.54, 1.807) is 20.8 Å². The molecule has 3 amide bonds. The molecule has 2 unspecified atom stereocenters. The molecule has 3 N–H and O–H groups in total. The third kappa shape index (κ3) is 11.0. The number of nitrogens with zero attached hydrogens (tertiary/aromatic N) is 1. The van der Waals surface area contributed by atoms with Gasteiger partial charge in [0, 0.05) is 12.6 Å². The van der Waals surface area contributed by atoms with E-state index in [1.807, 2.05) is 38.1 Å². The van der Waals surface area contributed by atoms with Crippen LogP contribution in [-0.2, 0) is 20.7 Å². The minimum Gasteiger partial charge on any atom is -0.444 e. The van der Waals surface area contributed by atoms with E-state index in [-0.39, 0.29) is 11.9 Å². The number of nitrogens with one attached hydrogen (secondary N) is 2. The lowest BCUT2D eigenvalue weighted by Gasteiger charge is -2.34. The van der Waals surface area contributed by atoms with E-state index < -0.39 is 36.3 Å². The topological polar surface area (TPSA) is 108 Å². The Morgan fingerprint density at radius 2 is 1.58 bits per heavy atom. The molecular formula is C28H47N3O5. The van der Waals surface area contributed by atoms with Gasteiger partial charge in [-0.25, -0.2) is 4.79 Å². The largest absolute Gasteiger partial charge is 0.444 e. The number of carbonyl (C=O) groups excluding carboxylic acids is 3. The summed E-state index contributed by atoms with van der Waals surface area (Å²) in [5, 5.41) is 15.4. The van der Waals surface area contributed by atoms with Gasteiger partial charge in [0.1, 0.15) is 17.7 Å². The molecule has 204 valence electrons. The number of amides is 3. The highest BCUT2D eigenvalue weighted by atomic mass is 16.6. The third-order valence-corrected chi connectivity index (χ3v) is 5.65. The van der Waals surface area contributed by atoms with Crippen LogP contribution in [0, 0.1) is 0 Å². The fourth-order valence-corrected chi connectivity index (χ4v) is 3.86. The second-order valence-corrected chi connectivity index (χ2v) is 10.5. The van der Waals surface area contributed by atoms with Gasteiger partial charge in [0.2, 0.25) is 11.8 Å². The molecule has 0 saturated heterocycles. The van der Waals surface area contributed by atoms with Crippen LogP contribution in [0.4, 0.5) is 4.79 Å². The van der Waals surface area contributed by atoms with Crippen molar-refractivity contribution in [2.75, 3.05) is 13.2 Å². The lowest BCUT2D eigenvalue weighted by molar-refractivity contribution is -0.143. The van der Waals surface area contributed by atoms with Crippen molar-refractivity contribution in [1.29, 1.82) is 0 Å². The highest BCUT2D eigenvalue weighted by Gasteiger charge is 2.36. The van der Waals surface area contributed by atoms with Gasteiger partial charge in [0.05, 0.1) is 6.61 Å². The molecule has 8 nitrogen and oxygen atoms in total. The summed E-state index contributed by atoms with van der Waals surface area (Å²) in [5.41, 5.74) is 1.05. The predicted molar refractivity (Wildman–Crippen MR) is 143 cm³/mol. The van der Waals surface area contributed by atoms with Gasteiger partial charge >= 0.3 is 6.09 Å². The maximum Gasteiger partial charge on any atom is 0.408 e. The maximum atomic E-state index is 13.7. The summed E-state index contributed by atoms with van der Waals surface area (Å²) in [6.45, 7) is 12.8. The smallest absolute Gasteiger partial charge is 0.408 e. The molecule has 0 aliphatic carbocycles. The van der Waals surface area contributed by atoms with Crippen LogP contribution in [0.3, 0.4) is 0 Å². The van der Waals surface area contributed by atoms with Crippen molar-refractivity contribution >= 4 is 17.9 Å². The molecule has 0 radical (unpaired) electrons. The van der Waals surface area contributed by atoms with Gasteiger partial charge in [-0.2, -0.15) is 0 Å². The van der Waals surface area contributed by atoms with E-state index in [0.717, 1.165) is 37.7 Å². The zero-order chi connectivity index (χ0) is 27.3. The minimum atomic E-state index is -1.24. The molecule has 0 aliphatic rings. The molecule has 36 heavy (non-hydrogen) atoms. The van der Waals surface area contributed by atoms with Crippen LogP contribution >= 0.6 is 0 Å². The van der Waals surface area contributed by atoms with E-state index in [2.05, 4.69) is 24.5 Å². The van der Waals surface area contributed by atoms with Gasteiger partial charge in [0.15, 0.2) is 0 Å². The molecule has 0 spiro atoms. The monoisotopic (exact) mass is 505 g/mol. The third-order valence-electron chi connectivity index (χ3n) is 5.65. The highest BCUT2D eigenvalue weighted by Crippen LogP contribution is 2.24. The van der Waals surface area contributed by atoms with Crippen molar-refractivity contribution in [3.8, 4) is 0 Å². The maximum absolute atomic E-state index is 13.7. The quantitative estimate of drug-likeness (QED) is 0.323. The summed E-state index contributed by atoms with van der Waals surface area (Å²) in [4.78, 5) is 41.0. The molecule has 0 aromatic heterocycles. The summed E-state index contributed by atoms with van der Waals surface area (Å²) in [6.07, 6.45) is 4.90. The van der Waals surface area contributed by atoms with Crippen LogP contribution < -0.4 is 10.6 Å². The van der Waals surface area contributed by atoms with Gasteiger partial charge in [-0.15, -0.1) is 0 Å². The molecule has 1 rings (SSSR count). The lowest BCUT2D eigenvalue weighted by Crippen LogP contribution is -2.55. The number of rotatable bonds is 14. The average Bonchev–Trinajstić information content (AvgIpc) is 2.79. The van der Waals surface area contributed by atoms with Crippen LogP contribution in [0.15, 0.2) is 24.3 Å². The zero-order valence-corrected chi connectivity index (χ0v) is 23.2. The number of benzene rings is 1. The van der Waals surface area contributed by atoms with E-state index in [4.69, 9.17) is 4.74 Å². The molecule has 2 atom stereocenters. The summed E-state index contributed by atoms with van der Waals surface area (Å²) in [7, 11) is 0. The van der Waals surface area contributed by atoms with Crippen molar-refractivity contribution in [2.45, 2.75) is 111 Å². The average molecular weight is 506 g/mol. The van der Waals surface area contributed by atoms with Crippen molar-refractivity contribution in [3.63, 3.8) is 0 Å². The number of unbranched alkanes of at least 4 members (excludes halogenated alkanes) is 4. The molecule has 0 fully saturated rings. The van der Waals surface area contributed by atoms with Crippen LogP contribution in [0.1, 0.15) is 97.7 Å². The summed E-state index contributed by atoms with van der Waals surface area (Å²) < 4.78 is 5.28. The summed E-state index contributed by atoms with van der Waals surface area (Å²) in [6, 6.07) is 5.40. The fourth-order valence-electron chi connectivity index (χ4n) is 3.86. The standard InChI is InChI=1S/C28H47N3O5/c1-8-10-11-12-13-18-31(26(34)23(19-32)30-27(35)36-28(5,6)7)24(25(33)29-20(3)4)22-16-14-21(9-2)15-17-22/h14-17,20,23-24,32H,8-13,18-19H2,1-7H3,(H,29,33)(H,30,35). The number of aliphatic hydroxyl groups is 1. The Labute approximate surface area is 217 Å². The number of hydrogen-bond acceptors (Lipinski definition) is 5. The Hall–Kier alpha value is -2.61. The van der Waals surface area contributed by atoms with Crippen LogP contribution in [0.5, 0.6) is 0 Å².